The number of rotatable bonds is 5. The highest BCUT2D eigenvalue weighted by atomic mass is 32.2. The highest BCUT2D eigenvalue weighted by Crippen LogP contribution is 2.41. The van der Waals surface area contributed by atoms with Crippen molar-refractivity contribution in [2.75, 3.05) is 11.5 Å². The topological polar surface area (TPSA) is 185 Å². The fourth-order valence-electron chi connectivity index (χ4n) is 3.31. The minimum absolute atomic E-state index is 0.0434. The molecule has 5 N–H and O–H groups in total. The number of thioether (sulfide) groups is 1. The molecular weight excluding hydrogens is 462 g/mol. The minimum Gasteiger partial charge on any atom is -0.477 e. The van der Waals surface area contributed by atoms with E-state index < -0.39 is 40.9 Å². The molecule has 0 radical (unpaired) electrons. The predicted octanol–water partition coefficient (Wildman–Crippen LogP) is 0.0292. The number of hydrogen-bond donors (Lipinski definition) is 4. The van der Waals surface area contributed by atoms with Gasteiger partial charge in [0.05, 0.1) is 0 Å². The Hall–Kier alpha value is -3.65. The quantitative estimate of drug-likeness (QED) is 0.148. The van der Waals surface area contributed by atoms with Crippen LogP contribution in [0.2, 0.25) is 0 Å². The number of thiazole rings is 1. The van der Waals surface area contributed by atoms with Crippen LogP contribution in [0.5, 0.6) is 0 Å². The summed E-state index contributed by atoms with van der Waals surface area (Å²) in [5.74, 6) is -2.98. The number of β-lactam (4-membered cyclic amide) rings is 1. The van der Waals surface area contributed by atoms with E-state index in [1.165, 1.54) is 29.3 Å². The summed E-state index contributed by atoms with van der Waals surface area (Å²) in [7, 11) is 0. The first-order valence-corrected chi connectivity index (χ1v) is 10.9. The standard InChI is InChI=1S/C18H15N5O7S2/c1-6-2-8(30-17(6)28)3-7-4-31-15-11(14(25)23(15)12(7)16(26)27)21-13(24)10(22-29)9-5-32-18(19)20-9/h2-3,5,11,15,29H,4H2,1H3,(H2,19,20)(H,21,24)(H,26,27)/b8-3+,22-10-/t11-,15+/m1/s1. The summed E-state index contributed by atoms with van der Waals surface area (Å²) < 4.78 is 5.05. The Morgan fingerprint density at radius 3 is 2.75 bits per heavy atom. The van der Waals surface area contributed by atoms with Gasteiger partial charge in [0.2, 0.25) is 0 Å². The number of nitrogens with zero attached hydrogens (tertiary/aromatic N) is 3. The molecule has 4 heterocycles. The fraction of sp³-hybridized carbons (Fsp3) is 0.222. The lowest BCUT2D eigenvalue weighted by Crippen LogP contribution is -2.71. The zero-order valence-electron chi connectivity index (χ0n) is 16.3. The predicted molar refractivity (Wildman–Crippen MR) is 112 cm³/mol. The van der Waals surface area contributed by atoms with E-state index in [1.807, 2.05) is 0 Å². The van der Waals surface area contributed by atoms with Crippen molar-refractivity contribution in [2.45, 2.75) is 18.3 Å². The van der Waals surface area contributed by atoms with E-state index in [9.17, 15) is 29.5 Å². The average Bonchev–Trinajstić information content (AvgIpc) is 3.30. The van der Waals surface area contributed by atoms with Gasteiger partial charge in [-0.3, -0.25) is 14.5 Å². The Bertz CT molecular complexity index is 1180. The number of nitrogen functional groups attached to an aromatic ring is 1. The van der Waals surface area contributed by atoms with Crippen LogP contribution in [-0.2, 0) is 23.9 Å². The van der Waals surface area contributed by atoms with E-state index in [-0.39, 0.29) is 28.0 Å². The van der Waals surface area contributed by atoms with Crippen LogP contribution in [0.4, 0.5) is 5.13 Å². The molecule has 14 heteroatoms. The summed E-state index contributed by atoms with van der Waals surface area (Å²) in [4.78, 5) is 53.6. The van der Waals surface area contributed by atoms with Gasteiger partial charge in [-0.1, -0.05) is 5.16 Å². The van der Waals surface area contributed by atoms with Gasteiger partial charge in [0.25, 0.3) is 11.8 Å². The second-order valence-corrected chi connectivity index (χ2v) is 8.82. The summed E-state index contributed by atoms with van der Waals surface area (Å²) >= 11 is 2.27. The molecule has 1 aromatic heterocycles. The molecular formula is C18H15N5O7S2. The molecule has 0 spiro atoms. The lowest BCUT2D eigenvalue weighted by atomic mass is 10.0. The van der Waals surface area contributed by atoms with Crippen LogP contribution in [0.15, 0.2) is 45.3 Å². The smallest absolute Gasteiger partial charge is 0.352 e. The zero-order valence-corrected chi connectivity index (χ0v) is 17.9. The van der Waals surface area contributed by atoms with E-state index in [2.05, 4.69) is 15.5 Å². The highest BCUT2D eigenvalue weighted by molar-refractivity contribution is 8.00. The molecule has 3 aliphatic heterocycles. The monoisotopic (exact) mass is 477 g/mol. The summed E-state index contributed by atoms with van der Waals surface area (Å²) in [6.07, 6.45) is 2.89. The van der Waals surface area contributed by atoms with Crippen LogP contribution >= 0.6 is 23.1 Å². The van der Waals surface area contributed by atoms with Crippen LogP contribution in [0.3, 0.4) is 0 Å². The largest absolute Gasteiger partial charge is 0.477 e. The van der Waals surface area contributed by atoms with Crippen molar-refractivity contribution in [1.82, 2.24) is 15.2 Å². The SMILES string of the molecule is CC1=C/C(=C\C2=C(C(=O)O)N3C(=O)[C@@H](NC(=O)/C(=N\O)c4csc(N)n4)[C@@H]3SC2)OC1=O. The lowest BCUT2D eigenvalue weighted by Gasteiger charge is -2.49. The number of carboxylic acid groups (broad SMARTS) is 1. The molecule has 4 rings (SSSR count). The second-order valence-electron chi connectivity index (χ2n) is 6.82. The van der Waals surface area contributed by atoms with E-state index >= 15 is 0 Å². The van der Waals surface area contributed by atoms with Crippen LogP contribution < -0.4 is 11.1 Å². The van der Waals surface area contributed by atoms with Crippen molar-refractivity contribution >= 4 is 57.7 Å². The van der Waals surface area contributed by atoms with Gasteiger partial charge in [0.1, 0.15) is 28.6 Å². The van der Waals surface area contributed by atoms with Crippen LogP contribution in [0.1, 0.15) is 12.6 Å². The number of fused-ring (bicyclic) bond motifs is 1. The van der Waals surface area contributed by atoms with Gasteiger partial charge in [-0.05, 0) is 24.6 Å². The Morgan fingerprint density at radius 1 is 1.44 bits per heavy atom. The fourth-order valence-corrected chi connectivity index (χ4v) is 5.16. The molecule has 1 saturated heterocycles. The molecule has 2 atom stereocenters. The molecule has 0 aliphatic carbocycles. The number of amides is 2. The number of hydrogen-bond acceptors (Lipinski definition) is 11. The number of nitrogens with two attached hydrogens (primary N) is 1. The molecule has 166 valence electrons. The van der Waals surface area contributed by atoms with Crippen LogP contribution in [0.25, 0.3) is 0 Å². The molecule has 0 aromatic carbocycles. The number of carbonyl (C=O) groups is 4. The Morgan fingerprint density at radius 2 is 2.19 bits per heavy atom. The number of anilines is 1. The van der Waals surface area contributed by atoms with Gasteiger partial charge < -0.3 is 26.1 Å². The normalized spacial score (nSPS) is 24.2. The van der Waals surface area contributed by atoms with Gasteiger partial charge in [0.15, 0.2) is 10.8 Å². The number of ether oxygens (including phenoxy) is 1. The van der Waals surface area contributed by atoms with Crippen molar-refractivity contribution in [2.24, 2.45) is 5.16 Å². The molecule has 0 unspecified atom stereocenters. The third kappa shape index (κ3) is 3.62. The Labute approximate surface area is 188 Å². The lowest BCUT2D eigenvalue weighted by molar-refractivity contribution is -0.150. The van der Waals surface area contributed by atoms with Gasteiger partial charge in [-0.25, -0.2) is 14.6 Å². The second kappa shape index (κ2) is 8.12. The van der Waals surface area contributed by atoms with Crippen molar-refractivity contribution in [3.05, 3.63) is 45.8 Å². The highest BCUT2D eigenvalue weighted by Gasteiger charge is 2.54. The first-order valence-electron chi connectivity index (χ1n) is 8.99. The molecule has 0 saturated carbocycles. The molecule has 12 nitrogen and oxygen atoms in total. The summed E-state index contributed by atoms with van der Waals surface area (Å²) in [6.45, 7) is 1.57. The van der Waals surface area contributed by atoms with Crippen LogP contribution in [-0.4, -0.2) is 66.8 Å². The van der Waals surface area contributed by atoms with E-state index in [1.54, 1.807) is 6.92 Å². The van der Waals surface area contributed by atoms with Gasteiger partial charge in [-0.2, -0.15) is 0 Å². The van der Waals surface area contributed by atoms with E-state index in [4.69, 9.17) is 10.5 Å². The first-order chi connectivity index (χ1) is 15.2. The maximum absolute atomic E-state index is 12.7. The van der Waals surface area contributed by atoms with E-state index in [0.29, 0.717) is 11.1 Å². The molecule has 1 fully saturated rings. The summed E-state index contributed by atoms with van der Waals surface area (Å²) in [6, 6.07) is -1.03. The van der Waals surface area contributed by atoms with Crippen molar-refractivity contribution < 1.29 is 34.2 Å². The van der Waals surface area contributed by atoms with E-state index in [0.717, 1.165) is 16.2 Å². The van der Waals surface area contributed by atoms with Crippen LogP contribution in [0, 0.1) is 0 Å². The zero-order chi connectivity index (χ0) is 23.2. The molecule has 1 aromatic rings. The Kier molecular flexibility index (Phi) is 5.48. The Balaban J connectivity index is 1.55. The molecule has 3 aliphatic rings. The maximum Gasteiger partial charge on any atom is 0.352 e. The average molecular weight is 477 g/mol. The maximum atomic E-state index is 12.7. The molecule has 0 bridgehead atoms. The molecule has 32 heavy (non-hydrogen) atoms. The number of esters is 1. The van der Waals surface area contributed by atoms with Crippen molar-refractivity contribution in [3.63, 3.8) is 0 Å². The number of carbonyl (C=O) groups excluding carboxylic acids is 3. The van der Waals surface area contributed by atoms with Gasteiger partial charge in [-0.15, -0.1) is 23.1 Å². The number of allylic oxidation sites excluding steroid dienone is 2. The number of oxime groups is 1. The number of cyclic esters (lactones) is 1. The van der Waals surface area contributed by atoms with Gasteiger partial charge >= 0.3 is 11.9 Å². The van der Waals surface area contributed by atoms with Crippen molar-refractivity contribution in [1.29, 1.82) is 0 Å². The van der Waals surface area contributed by atoms with Crippen molar-refractivity contribution in [3.8, 4) is 0 Å². The number of aliphatic carboxylic acids is 1. The summed E-state index contributed by atoms with van der Waals surface area (Å²) in [5, 5.41) is 25.2. The van der Waals surface area contributed by atoms with Gasteiger partial charge in [0, 0.05) is 16.7 Å². The first kappa shape index (κ1) is 21.6. The third-order valence-electron chi connectivity index (χ3n) is 4.77. The molecule has 2 amide bonds. The number of carboxylic acids is 1. The minimum atomic E-state index is -1.33. The number of nitrogens with one attached hydrogen (secondary N) is 1. The number of aromatic nitrogens is 1. The third-order valence-corrected chi connectivity index (χ3v) is 6.75. The summed E-state index contributed by atoms with van der Waals surface area (Å²) in [5.41, 5.74) is 5.56.